The van der Waals surface area contributed by atoms with E-state index in [4.69, 9.17) is 0 Å². The number of amides is 2. The summed E-state index contributed by atoms with van der Waals surface area (Å²) in [6, 6.07) is 2.25. The van der Waals surface area contributed by atoms with Crippen molar-refractivity contribution in [1.29, 1.82) is 0 Å². The van der Waals surface area contributed by atoms with Crippen molar-refractivity contribution in [3.63, 3.8) is 0 Å². The van der Waals surface area contributed by atoms with Crippen LogP contribution in [0.5, 0.6) is 0 Å². The van der Waals surface area contributed by atoms with E-state index >= 15 is 0 Å². The number of piperidine rings is 1. The standard InChI is InChI=1S/C19H31N5O2/c1-19(2,3)16-8-14(20-21-16)10-23-9-13-6-7-15(11-23)24(18(13)26)12-17(25)22(4)5/h8,13,15H,6-7,9-12H2,1-5H3,(H,20,21)/t13-,15+/m1/s1. The molecule has 0 spiro atoms. The molecular formula is C19H31N5O2. The average molecular weight is 361 g/mol. The molecule has 3 saturated heterocycles. The monoisotopic (exact) mass is 361 g/mol. The van der Waals surface area contributed by atoms with Crippen LogP contribution in [0.1, 0.15) is 45.0 Å². The molecule has 2 amide bonds. The van der Waals surface area contributed by atoms with Crippen molar-refractivity contribution in [1.82, 2.24) is 24.9 Å². The Morgan fingerprint density at radius 2 is 2.04 bits per heavy atom. The van der Waals surface area contributed by atoms with Crippen molar-refractivity contribution in [3.8, 4) is 0 Å². The second-order valence-corrected chi connectivity index (χ2v) is 8.90. The van der Waals surface area contributed by atoms with Crippen LogP contribution in [0.3, 0.4) is 0 Å². The molecule has 2 bridgehead atoms. The van der Waals surface area contributed by atoms with Gasteiger partial charge in [0.15, 0.2) is 0 Å². The zero-order valence-electron chi connectivity index (χ0n) is 16.6. The molecule has 3 aliphatic heterocycles. The van der Waals surface area contributed by atoms with E-state index in [1.807, 2.05) is 4.90 Å². The summed E-state index contributed by atoms with van der Waals surface area (Å²) in [4.78, 5) is 30.6. The summed E-state index contributed by atoms with van der Waals surface area (Å²) in [7, 11) is 3.47. The largest absolute Gasteiger partial charge is 0.347 e. The summed E-state index contributed by atoms with van der Waals surface area (Å²) in [6.07, 6.45) is 1.90. The Morgan fingerprint density at radius 1 is 1.31 bits per heavy atom. The Hall–Kier alpha value is -1.89. The summed E-state index contributed by atoms with van der Waals surface area (Å²) < 4.78 is 0. The molecule has 1 N–H and O–H groups in total. The van der Waals surface area contributed by atoms with E-state index < -0.39 is 0 Å². The predicted octanol–water partition coefficient (Wildman–Crippen LogP) is 1.22. The Morgan fingerprint density at radius 3 is 2.65 bits per heavy atom. The van der Waals surface area contributed by atoms with E-state index in [2.05, 4.69) is 41.9 Å². The summed E-state index contributed by atoms with van der Waals surface area (Å²) in [5.41, 5.74) is 2.16. The van der Waals surface area contributed by atoms with Gasteiger partial charge < -0.3 is 9.80 Å². The van der Waals surface area contributed by atoms with Gasteiger partial charge >= 0.3 is 0 Å². The number of nitrogens with zero attached hydrogens (tertiary/aromatic N) is 4. The van der Waals surface area contributed by atoms with Crippen LogP contribution in [0.2, 0.25) is 0 Å². The topological polar surface area (TPSA) is 72.5 Å². The lowest BCUT2D eigenvalue weighted by atomic mass is 9.92. The minimum absolute atomic E-state index is 0.00581. The number of H-pyrrole nitrogens is 1. The second-order valence-electron chi connectivity index (χ2n) is 8.90. The van der Waals surface area contributed by atoms with Crippen LogP contribution in [-0.4, -0.2) is 76.5 Å². The molecule has 0 aromatic carbocycles. The van der Waals surface area contributed by atoms with Crippen LogP contribution in [0.4, 0.5) is 0 Å². The van der Waals surface area contributed by atoms with E-state index in [0.29, 0.717) is 0 Å². The summed E-state index contributed by atoms with van der Waals surface area (Å²) >= 11 is 0. The molecule has 3 aliphatic rings. The van der Waals surface area contributed by atoms with Crippen molar-refractivity contribution in [2.24, 2.45) is 5.92 Å². The van der Waals surface area contributed by atoms with Gasteiger partial charge in [0.2, 0.25) is 11.8 Å². The molecule has 4 heterocycles. The molecule has 0 saturated carbocycles. The van der Waals surface area contributed by atoms with Crippen LogP contribution in [0.25, 0.3) is 0 Å². The number of aromatic amines is 1. The Labute approximate surface area is 155 Å². The second kappa shape index (κ2) is 7.02. The SMILES string of the molecule is CN(C)C(=O)CN1C(=O)[C@@H]2CC[C@H]1CN(Cc1cc(C(C)(C)C)n[nH]1)C2. The van der Waals surface area contributed by atoms with Gasteiger partial charge in [-0.05, 0) is 18.9 Å². The number of likely N-dealkylation sites (N-methyl/N-ethyl adjacent to an activating group) is 1. The Kier molecular flexibility index (Phi) is 5.10. The lowest BCUT2D eigenvalue weighted by Crippen LogP contribution is -2.51. The molecule has 3 fully saturated rings. The highest BCUT2D eigenvalue weighted by Crippen LogP contribution is 2.30. The normalized spacial score (nSPS) is 24.0. The molecule has 144 valence electrons. The van der Waals surface area contributed by atoms with Gasteiger partial charge in [-0.25, -0.2) is 0 Å². The fourth-order valence-corrected chi connectivity index (χ4v) is 3.82. The number of nitrogens with one attached hydrogen (secondary N) is 1. The van der Waals surface area contributed by atoms with Gasteiger partial charge in [0.05, 0.1) is 11.6 Å². The number of hydrogen-bond donors (Lipinski definition) is 1. The number of fused-ring (bicyclic) bond motifs is 4. The minimum atomic E-state index is -0.0131. The number of aromatic nitrogens is 2. The van der Waals surface area contributed by atoms with Crippen LogP contribution in [0.15, 0.2) is 6.07 Å². The van der Waals surface area contributed by atoms with Gasteiger partial charge in [0.25, 0.3) is 0 Å². The van der Waals surface area contributed by atoms with Crippen molar-refractivity contribution in [2.45, 2.75) is 51.6 Å². The highest BCUT2D eigenvalue weighted by molar-refractivity contribution is 5.86. The van der Waals surface area contributed by atoms with E-state index in [1.54, 1.807) is 19.0 Å². The summed E-state index contributed by atoms with van der Waals surface area (Å²) in [5, 5.41) is 7.59. The maximum absolute atomic E-state index is 12.8. The van der Waals surface area contributed by atoms with Gasteiger partial charge in [-0.15, -0.1) is 0 Å². The first-order chi connectivity index (χ1) is 12.1. The number of carbonyl (C=O) groups excluding carboxylic acids is 2. The number of carbonyl (C=O) groups is 2. The summed E-state index contributed by atoms with van der Waals surface area (Å²) in [5.74, 6) is 0.119. The van der Waals surface area contributed by atoms with Gasteiger partial charge in [0, 0.05) is 50.9 Å². The molecule has 1 aromatic heterocycles. The molecule has 26 heavy (non-hydrogen) atoms. The predicted molar refractivity (Wildman–Crippen MR) is 99.5 cm³/mol. The van der Waals surface area contributed by atoms with Gasteiger partial charge in [-0.1, -0.05) is 20.8 Å². The van der Waals surface area contributed by atoms with Crippen molar-refractivity contribution >= 4 is 11.8 Å². The molecule has 0 aliphatic carbocycles. The fraction of sp³-hybridized carbons (Fsp3) is 0.737. The van der Waals surface area contributed by atoms with Gasteiger partial charge in [-0.2, -0.15) is 5.10 Å². The lowest BCUT2D eigenvalue weighted by molar-refractivity contribution is -0.145. The van der Waals surface area contributed by atoms with Crippen molar-refractivity contribution < 1.29 is 9.59 Å². The van der Waals surface area contributed by atoms with Crippen molar-refractivity contribution in [3.05, 3.63) is 17.5 Å². The number of rotatable bonds is 4. The highest BCUT2D eigenvalue weighted by atomic mass is 16.2. The highest BCUT2D eigenvalue weighted by Gasteiger charge is 2.41. The third kappa shape index (κ3) is 3.92. The Balaban J connectivity index is 1.70. The van der Waals surface area contributed by atoms with Gasteiger partial charge in [-0.3, -0.25) is 19.6 Å². The molecule has 4 rings (SSSR count). The van der Waals surface area contributed by atoms with Crippen LogP contribution in [0, 0.1) is 5.92 Å². The first-order valence-corrected chi connectivity index (χ1v) is 9.43. The first kappa shape index (κ1) is 18.9. The Bertz CT molecular complexity index is 676. The summed E-state index contributed by atoms with van der Waals surface area (Å²) in [6.45, 7) is 8.98. The van der Waals surface area contributed by atoms with Gasteiger partial charge in [0.1, 0.15) is 6.54 Å². The number of hydrogen-bond acceptors (Lipinski definition) is 4. The third-order valence-electron chi connectivity index (χ3n) is 5.47. The maximum Gasteiger partial charge on any atom is 0.241 e. The zero-order valence-corrected chi connectivity index (χ0v) is 16.6. The lowest BCUT2D eigenvalue weighted by Gasteiger charge is -2.36. The molecule has 7 heteroatoms. The van der Waals surface area contributed by atoms with Crippen LogP contribution < -0.4 is 0 Å². The maximum atomic E-state index is 12.8. The van der Waals surface area contributed by atoms with E-state index in [9.17, 15) is 9.59 Å². The van der Waals surface area contributed by atoms with Crippen LogP contribution in [-0.2, 0) is 21.5 Å². The molecule has 7 nitrogen and oxygen atoms in total. The smallest absolute Gasteiger partial charge is 0.241 e. The van der Waals surface area contributed by atoms with E-state index in [0.717, 1.165) is 43.9 Å². The van der Waals surface area contributed by atoms with Crippen molar-refractivity contribution in [2.75, 3.05) is 33.7 Å². The molecule has 0 unspecified atom stereocenters. The molecular weight excluding hydrogens is 330 g/mol. The quantitative estimate of drug-likeness (QED) is 0.875. The third-order valence-corrected chi connectivity index (χ3v) is 5.47. The van der Waals surface area contributed by atoms with Crippen LogP contribution >= 0.6 is 0 Å². The van der Waals surface area contributed by atoms with E-state index in [1.165, 1.54) is 0 Å². The minimum Gasteiger partial charge on any atom is -0.347 e. The first-order valence-electron chi connectivity index (χ1n) is 9.43. The fourth-order valence-electron chi connectivity index (χ4n) is 3.82. The van der Waals surface area contributed by atoms with E-state index in [-0.39, 0.29) is 35.7 Å². The average Bonchev–Trinajstić information content (AvgIpc) is 2.87. The molecule has 0 radical (unpaired) electrons. The molecule has 2 atom stereocenters. The zero-order chi connectivity index (χ0) is 19.1. The molecule has 1 aromatic rings.